The number of ether oxygens (including phenoxy) is 1. The molecule has 68 valence electrons. The summed E-state index contributed by atoms with van der Waals surface area (Å²) in [6.07, 6.45) is 2.61. The minimum absolute atomic E-state index is 0.142. The van der Waals surface area contributed by atoms with Gasteiger partial charge in [0.25, 0.3) is 0 Å². The van der Waals surface area contributed by atoms with Crippen LogP contribution in [0.25, 0.3) is 0 Å². The van der Waals surface area contributed by atoms with Crippen molar-refractivity contribution in [3.8, 4) is 0 Å². The second-order valence-electron chi connectivity index (χ2n) is 4.95. The molecule has 4 heterocycles. The molecule has 12 heavy (non-hydrogen) atoms. The molecule has 0 spiro atoms. The van der Waals surface area contributed by atoms with Crippen LogP contribution >= 0.6 is 0 Å². The van der Waals surface area contributed by atoms with E-state index in [1.165, 1.54) is 0 Å². The van der Waals surface area contributed by atoms with E-state index in [1.54, 1.807) is 0 Å². The molecule has 1 N–H and O–H groups in total. The Hall–Kier alpha value is -0.120. The van der Waals surface area contributed by atoms with Gasteiger partial charge in [0.15, 0.2) is 0 Å². The van der Waals surface area contributed by atoms with Crippen molar-refractivity contribution in [3.63, 3.8) is 0 Å². The molecule has 3 nitrogen and oxygen atoms in total. The van der Waals surface area contributed by atoms with Crippen molar-refractivity contribution in [3.05, 3.63) is 0 Å². The molecule has 4 aliphatic heterocycles. The van der Waals surface area contributed by atoms with Crippen LogP contribution in [-0.2, 0) is 4.74 Å². The SMILES string of the molecule is C[N+]1(C)C2CC3C[C@@H]1[C@H](O3)C2O. The van der Waals surface area contributed by atoms with Gasteiger partial charge in [-0.3, -0.25) is 0 Å². The molecular weight excluding hydrogens is 154 g/mol. The lowest BCUT2D eigenvalue weighted by Crippen LogP contribution is -2.56. The van der Waals surface area contributed by atoms with Crippen molar-refractivity contribution in [1.29, 1.82) is 0 Å². The fourth-order valence-corrected chi connectivity index (χ4v) is 3.42. The number of likely N-dealkylation sites (N-methyl/N-ethyl adjacent to an activating group) is 1. The zero-order valence-corrected chi connectivity index (χ0v) is 7.60. The van der Waals surface area contributed by atoms with Crippen molar-refractivity contribution < 1.29 is 14.3 Å². The van der Waals surface area contributed by atoms with Gasteiger partial charge in [-0.15, -0.1) is 0 Å². The van der Waals surface area contributed by atoms with E-state index in [1.807, 2.05) is 0 Å². The normalized spacial score (nSPS) is 59.8. The minimum Gasteiger partial charge on any atom is -0.384 e. The third-order valence-electron chi connectivity index (χ3n) is 4.18. The summed E-state index contributed by atoms with van der Waals surface area (Å²) in [5, 5.41) is 9.90. The molecule has 3 unspecified atom stereocenters. The molecule has 0 aromatic heterocycles. The largest absolute Gasteiger partial charge is 0.384 e. The second-order valence-corrected chi connectivity index (χ2v) is 4.95. The Labute approximate surface area is 72.5 Å². The summed E-state index contributed by atoms with van der Waals surface area (Å²) in [6, 6.07) is 0.997. The molecule has 0 aromatic carbocycles. The Morgan fingerprint density at radius 3 is 2.50 bits per heavy atom. The van der Waals surface area contributed by atoms with Crippen LogP contribution in [0.2, 0.25) is 0 Å². The third-order valence-corrected chi connectivity index (χ3v) is 4.18. The summed E-state index contributed by atoms with van der Waals surface area (Å²) in [7, 11) is 4.45. The van der Waals surface area contributed by atoms with E-state index in [0.29, 0.717) is 18.2 Å². The Bertz CT molecular complexity index is 225. The number of piperidine rings is 1. The first-order valence-electron chi connectivity index (χ1n) is 4.77. The fourth-order valence-electron chi connectivity index (χ4n) is 3.42. The monoisotopic (exact) mass is 170 g/mol. The van der Waals surface area contributed by atoms with E-state index >= 15 is 0 Å². The maximum Gasteiger partial charge on any atom is 0.141 e. The highest BCUT2D eigenvalue weighted by Gasteiger charge is 2.66. The number of hydrogen-bond donors (Lipinski definition) is 1. The maximum atomic E-state index is 9.90. The summed E-state index contributed by atoms with van der Waals surface area (Å²) in [5.41, 5.74) is 0. The molecule has 5 atom stereocenters. The van der Waals surface area contributed by atoms with Crippen LogP contribution in [0.15, 0.2) is 0 Å². The molecule has 3 heteroatoms. The van der Waals surface area contributed by atoms with E-state index < -0.39 is 0 Å². The Balaban J connectivity index is 2.06. The van der Waals surface area contributed by atoms with Gasteiger partial charge in [0.1, 0.15) is 24.3 Å². The summed E-state index contributed by atoms with van der Waals surface area (Å²) < 4.78 is 6.71. The molecule has 4 rings (SSSR count). The lowest BCUT2D eigenvalue weighted by atomic mass is 9.98. The number of aliphatic hydroxyl groups is 1. The highest BCUT2D eigenvalue weighted by atomic mass is 16.5. The van der Waals surface area contributed by atoms with E-state index in [0.717, 1.165) is 17.3 Å². The molecule has 0 amide bonds. The maximum absolute atomic E-state index is 9.90. The van der Waals surface area contributed by atoms with E-state index in [2.05, 4.69) is 14.1 Å². The first kappa shape index (κ1) is 7.30. The van der Waals surface area contributed by atoms with Crippen molar-refractivity contribution in [2.45, 2.75) is 43.2 Å². The van der Waals surface area contributed by atoms with Gasteiger partial charge < -0.3 is 14.3 Å². The van der Waals surface area contributed by atoms with Crippen LogP contribution in [0.4, 0.5) is 0 Å². The summed E-state index contributed by atoms with van der Waals surface area (Å²) in [6.45, 7) is 0. The first-order chi connectivity index (χ1) is 5.60. The van der Waals surface area contributed by atoms with Crippen LogP contribution in [-0.4, -0.2) is 54.1 Å². The average molecular weight is 170 g/mol. The third kappa shape index (κ3) is 0.605. The number of aliphatic hydroxyl groups excluding tert-OH is 1. The number of hydrogen-bond acceptors (Lipinski definition) is 2. The topological polar surface area (TPSA) is 29.5 Å². The van der Waals surface area contributed by atoms with Crippen LogP contribution in [0.5, 0.6) is 0 Å². The molecule has 0 aromatic rings. The second kappa shape index (κ2) is 1.86. The highest BCUT2D eigenvalue weighted by molar-refractivity contribution is 5.04. The highest BCUT2D eigenvalue weighted by Crippen LogP contribution is 2.48. The van der Waals surface area contributed by atoms with Crippen LogP contribution in [0, 0.1) is 0 Å². The van der Waals surface area contributed by atoms with Gasteiger partial charge in [0.2, 0.25) is 0 Å². The van der Waals surface area contributed by atoms with Gasteiger partial charge in [0, 0.05) is 12.8 Å². The molecule has 0 saturated carbocycles. The quantitative estimate of drug-likeness (QED) is 0.507. The van der Waals surface area contributed by atoms with Crippen LogP contribution < -0.4 is 0 Å². The number of quaternary nitrogens is 1. The Morgan fingerprint density at radius 2 is 1.92 bits per heavy atom. The van der Waals surface area contributed by atoms with Crippen molar-refractivity contribution in [2.24, 2.45) is 0 Å². The average Bonchev–Trinajstić information content (AvgIpc) is 2.39. The van der Waals surface area contributed by atoms with E-state index in [9.17, 15) is 5.11 Å². The van der Waals surface area contributed by atoms with Gasteiger partial charge in [0.05, 0.1) is 20.2 Å². The van der Waals surface area contributed by atoms with Gasteiger partial charge in [-0.2, -0.15) is 0 Å². The molecule has 4 aliphatic rings. The Kier molecular flexibility index (Phi) is 1.13. The fraction of sp³-hybridized carbons (Fsp3) is 1.00. The molecule has 4 bridgehead atoms. The molecule has 0 aliphatic carbocycles. The smallest absolute Gasteiger partial charge is 0.141 e. The van der Waals surface area contributed by atoms with E-state index in [4.69, 9.17) is 4.74 Å². The lowest BCUT2D eigenvalue weighted by molar-refractivity contribution is -0.930. The predicted molar refractivity (Wildman–Crippen MR) is 43.6 cm³/mol. The molecular formula is C9H16NO2+. The van der Waals surface area contributed by atoms with Gasteiger partial charge in [-0.1, -0.05) is 0 Å². The number of rotatable bonds is 0. The zero-order chi connectivity index (χ0) is 8.51. The van der Waals surface area contributed by atoms with E-state index in [-0.39, 0.29) is 12.2 Å². The lowest BCUT2D eigenvalue weighted by Gasteiger charge is -2.41. The summed E-state index contributed by atoms with van der Waals surface area (Å²) in [4.78, 5) is 0. The van der Waals surface area contributed by atoms with Gasteiger partial charge in [-0.25, -0.2) is 0 Å². The first-order valence-corrected chi connectivity index (χ1v) is 4.77. The van der Waals surface area contributed by atoms with Crippen molar-refractivity contribution in [2.75, 3.05) is 14.1 Å². The molecule has 4 fully saturated rings. The molecule has 4 saturated heterocycles. The van der Waals surface area contributed by atoms with Gasteiger partial charge >= 0.3 is 0 Å². The number of nitrogens with zero attached hydrogens (tertiary/aromatic N) is 1. The minimum atomic E-state index is -0.205. The van der Waals surface area contributed by atoms with Gasteiger partial charge in [-0.05, 0) is 0 Å². The van der Waals surface area contributed by atoms with Crippen LogP contribution in [0.1, 0.15) is 12.8 Å². The van der Waals surface area contributed by atoms with Crippen molar-refractivity contribution >= 4 is 0 Å². The Morgan fingerprint density at radius 1 is 1.25 bits per heavy atom. The summed E-state index contributed by atoms with van der Waals surface area (Å²) in [5.74, 6) is 0. The van der Waals surface area contributed by atoms with Crippen LogP contribution in [0.3, 0.4) is 0 Å². The predicted octanol–water partition coefficient (Wildman–Crippen LogP) is -0.264. The molecule has 0 radical (unpaired) electrons. The standard InChI is InChI=1S/C9H16NO2/c1-10(2)6-3-5-4-7(10)9(12-5)8(6)11/h5-9,11H,3-4H2,1-2H3/q+1/t5?,6?,7-,8?,9+/m1/s1. The van der Waals surface area contributed by atoms with Crippen molar-refractivity contribution in [1.82, 2.24) is 0 Å². The zero-order valence-electron chi connectivity index (χ0n) is 7.60. The summed E-state index contributed by atoms with van der Waals surface area (Å²) >= 11 is 0.